The number of hydrogen-bond acceptors (Lipinski definition) is 6. The summed E-state index contributed by atoms with van der Waals surface area (Å²) in [5, 5.41) is 12.9. The molecule has 16 heavy (non-hydrogen) atoms. The van der Waals surface area contributed by atoms with Crippen LogP contribution in [0.15, 0.2) is 4.52 Å². The van der Waals surface area contributed by atoms with Crippen LogP contribution in [-0.2, 0) is 4.79 Å². The molecule has 0 saturated carbocycles. The Labute approximate surface area is 92.8 Å². The van der Waals surface area contributed by atoms with E-state index in [0.29, 0.717) is 5.89 Å². The van der Waals surface area contributed by atoms with E-state index in [2.05, 4.69) is 10.1 Å². The number of primary amides is 1. The van der Waals surface area contributed by atoms with E-state index in [9.17, 15) is 9.90 Å². The van der Waals surface area contributed by atoms with Gasteiger partial charge in [-0.2, -0.15) is 4.98 Å². The first-order valence-electron chi connectivity index (χ1n) is 4.97. The minimum atomic E-state index is -0.767. The first kappa shape index (κ1) is 12.6. The summed E-state index contributed by atoms with van der Waals surface area (Å²) in [5.74, 6) is -0.168. The Morgan fingerprint density at radius 1 is 1.56 bits per heavy atom. The molecule has 3 atom stereocenters. The summed E-state index contributed by atoms with van der Waals surface area (Å²) in [7, 11) is 0. The Hall–Kier alpha value is -1.47. The average Bonchev–Trinajstić information content (AvgIpc) is 2.63. The lowest BCUT2D eigenvalue weighted by Crippen LogP contribution is -2.24. The van der Waals surface area contributed by atoms with Crippen LogP contribution in [0, 0.1) is 0 Å². The SMILES string of the molecule is CC(O)[C@@H](N)c1noc([C@H](C)CC(N)=O)n1. The Morgan fingerprint density at radius 2 is 2.19 bits per heavy atom. The summed E-state index contributed by atoms with van der Waals surface area (Å²) in [5.41, 5.74) is 10.7. The molecular weight excluding hydrogens is 212 g/mol. The predicted molar refractivity (Wildman–Crippen MR) is 55.1 cm³/mol. The molecule has 0 aliphatic heterocycles. The van der Waals surface area contributed by atoms with Crippen molar-refractivity contribution in [3.05, 3.63) is 11.7 Å². The summed E-state index contributed by atoms with van der Waals surface area (Å²) < 4.78 is 4.94. The lowest BCUT2D eigenvalue weighted by Gasteiger charge is -2.08. The third-order valence-electron chi connectivity index (χ3n) is 2.20. The lowest BCUT2D eigenvalue weighted by molar-refractivity contribution is -0.118. The van der Waals surface area contributed by atoms with Crippen molar-refractivity contribution in [3.63, 3.8) is 0 Å². The molecule has 0 spiro atoms. The van der Waals surface area contributed by atoms with Crippen LogP contribution >= 0.6 is 0 Å². The molecule has 7 heteroatoms. The van der Waals surface area contributed by atoms with Gasteiger partial charge in [0.05, 0.1) is 12.1 Å². The first-order chi connectivity index (χ1) is 7.41. The standard InChI is InChI=1S/C9H16N4O3/c1-4(3-6(10)15)9-12-8(13-16-9)7(11)5(2)14/h4-5,7,14H,3,11H2,1-2H3,(H2,10,15)/t4-,5?,7-/m1/s1. The Bertz CT molecular complexity index is 363. The summed E-state index contributed by atoms with van der Waals surface area (Å²) in [4.78, 5) is 14.7. The van der Waals surface area contributed by atoms with Crippen LogP contribution in [0.2, 0.25) is 0 Å². The zero-order valence-corrected chi connectivity index (χ0v) is 9.25. The number of nitrogens with zero attached hydrogens (tertiary/aromatic N) is 2. The van der Waals surface area contributed by atoms with Crippen LogP contribution < -0.4 is 11.5 Å². The van der Waals surface area contributed by atoms with Crippen LogP contribution in [0.4, 0.5) is 0 Å². The van der Waals surface area contributed by atoms with E-state index < -0.39 is 18.1 Å². The highest BCUT2D eigenvalue weighted by molar-refractivity contribution is 5.74. The fourth-order valence-electron chi connectivity index (χ4n) is 1.19. The second-order valence-corrected chi connectivity index (χ2v) is 3.83. The normalized spacial score (nSPS) is 16.8. The fraction of sp³-hybridized carbons (Fsp3) is 0.667. The average molecular weight is 228 g/mol. The van der Waals surface area contributed by atoms with E-state index in [0.717, 1.165) is 0 Å². The van der Waals surface area contributed by atoms with Gasteiger partial charge in [-0.15, -0.1) is 0 Å². The summed E-state index contributed by atoms with van der Waals surface area (Å²) in [6.45, 7) is 3.28. The first-order valence-corrected chi connectivity index (χ1v) is 4.97. The van der Waals surface area contributed by atoms with Crippen molar-refractivity contribution in [2.75, 3.05) is 0 Å². The van der Waals surface area contributed by atoms with Gasteiger partial charge in [0.1, 0.15) is 0 Å². The highest BCUT2D eigenvalue weighted by atomic mass is 16.5. The van der Waals surface area contributed by atoms with Crippen molar-refractivity contribution in [3.8, 4) is 0 Å². The van der Waals surface area contributed by atoms with Crippen molar-refractivity contribution in [1.29, 1.82) is 0 Å². The van der Waals surface area contributed by atoms with Gasteiger partial charge in [0.15, 0.2) is 5.82 Å². The number of aliphatic hydroxyl groups excluding tert-OH is 1. The molecule has 0 bridgehead atoms. The van der Waals surface area contributed by atoms with Gasteiger partial charge in [0.2, 0.25) is 11.8 Å². The van der Waals surface area contributed by atoms with Crippen molar-refractivity contribution in [2.24, 2.45) is 11.5 Å². The second-order valence-electron chi connectivity index (χ2n) is 3.83. The predicted octanol–water partition coefficient (Wildman–Crippen LogP) is -0.571. The molecule has 90 valence electrons. The fourth-order valence-corrected chi connectivity index (χ4v) is 1.19. The van der Waals surface area contributed by atoms with Gasteiger partial charge in [-0.25, -0.2) is 0 Å². The summed E-state index contributed by atoms with van der Waals surface area (Å²) >= 11 is 0. The molecule has 1 heterocycles. The van der Waals surface area contributed by atoms with E-state index in [4.69, 9.17) is 16.0 Å². The molecule has 0 fully saturated rings. The quantitative estimate of drug-likeness (QED) is 0.619. The minimum Gasteiger partial charge on any atom is -0.391 e. The van der Waals surface area contributed by atoms with E-state index in [1.807, 2.05) is 0 Å². The van der Waals surface area contributed by atoms with Gasteiger partial charge in [-0.05, 0) is 6.92 Å². The molecule has 1 unspecified atom stereocenters. The largest absolute Gasteiger partial charge is 0.391 e. The third-order valence-corrected chi connectivity index (χ3v) is 2.20. The Morgan fingerprint density at radius 3 is 2.69 bits per heavy atom. The van der Waals surface area contributed by atoms with E-state index >= 15 is 0 Å². The molecule has 1 rings (SSSR count). The van der Waals surface area contributed by atoms with Crippen molar-refractivity contribution in [2.45, 2.75) is 38.3 Å². The number of aliphatic hydroxyl groups is 1. The van der Waals surface area contributed by atoms with Crippen LogP contribution in [0.5, 0.6) is 0 Å². The monoisotopic (exact) mass is 228 g/mol. The highest BCUT2D eigenvalue weighted by Gasteiger charge is 2.21. The molecular formula is C9H16N4O3. The van der Waals surface area contributed by atoms with Crippen molar-refractivity contribution >= 4 is 5.91 Å². The molecule has 1 aromatic rings. The van der Waals surface area contributed by atoms with Crippen LogP contribution in [0.25, 0.3) is 0 Å². The number of rotatable bonds is 5. The van der Waals surface area contributed by atoms with Crippen LogP contribution in [-0.4, -0.2) is 27.3 Å². The van der Waals surface area contributed by atoms with Crippen LogP contribution in [0.1, 0.15) is 43.9 Å². The molecule has 0 aliphatic rings. The van der Waals surface area contributed by atoms with E-state index in [1.165, 1.54) is 6.92 Å². The minimum absolute atomic E-state index is 0.131. The molecule has 0 radical (unpaired) electrons. The maximum absolute atomic E-state index is 10.7. The third kappa shape index (κ3) is 3.01. The molecule has 1 amide bonds. The zero-order chi connectivity index (χ0) is 12.3. The topological polar surface area (TPSA) is 128 Å². The number of aromatic nitrogens is 2. The van der Waals surface area contributed by atoms with Gasteiger partial charge in [0.25, 0.3) is 0 Å². The molecule has 1 aromatic heterocycles. The van der Waals surface area contributed by atoms with Gasteiger partial charge in [-0.1, -0.05) is 12.1 Å². The zero-order valence-electron chi connectivity index (χ0n) is 9.25. The molecule has 5 N–H and O–H groups in total. The van der Waals surface area contributed by atoms with Gasteiger partial charge in [0, 0.05) is 12.3 Å². The maximum Gasteiger partial charge on any atom is 0.230 e. The number of nitrogens with two attached hydrogens (primary N) is 2. The number of hydrogen-bond donors (Lipinski definition) is 3. The van der Waals surface area contributed by atoms with Crippen LogP contribution in [0.3, 0.4) is 0 Å². The highest BCUT2D eigenvalue weighted by Crippen LogP contribution is 2.19. The van der Waals surface area contributed by atoms with Gasteiger partial charge in [-0.3, -0.25) is 4.79 Å². The number of carbonyl (C=O) groups is 1. The smallest absolute Gasteiger partial charge is 0.230 e. The molecule has 0 saturated heterocycles. The maximum atomic E-state index is 10.7. The molecule has 0 aromatic carbocycles. The van der Waals surface area contributed by atoms with E-state index in [1.54, 1.807) is 6.92 Å². The summed E-state index contributed by atoms with van der Waals surface area (Å²) in [6.07, 6.45) is -0.636. The van der Waals surface area contributed by atoms with Gasteiger partial charge >= 0.3 is 0 Å². The van der Waals surface area contributed by atoms with Crippen molar-refractivity contribution < 1.29 is 14.4 Å². The second kappa shape index (κ2) is 5.04. The Balaban J connectivity index is 2.74. The van der Waals surface area contributed by atoms with Gasteiger partial charge < -0.3 is 21.1 Å². The Kier molecular flexibility index (Phi) is 3.97. The summed E-state index contributed by atoms with van der Waals surface area (Å²) in [6, 6.07) is -0.696. The number of amides is 1. The molecule has 0 aliphatic carbocycles. The molecule has 7 nitrogen and oxygen atoms in total. The number of carbonyl (C=O) groups excluding carboxylic acids is 1. The van der Waals surface area contributed by atoms with Crippen molar-refractivity contribution in [1.82, 2.24) is 10.1 Å². The van der Waals surface area contributed by atoms with E-state index in [-0.39, 0.29) is 18.2 Å². The lowest BCUT2D eigenvalue weighted by atomic mass is 10.1.